The number of hydrogen-bond donors (Lipinski definition) is 1. The molecule has 1 amide bonds. The number of hydrogen-bond acceptors (Lipinski definition) is 5. The van der Waals surface area contributed by atoms with E-state index in [0.717, 1.165) is 26.1 Å². The highest BCUT2D eigenvalue weighted by molar-refractivity contribution is 7.09. The van der Waals surface area contributed by atoms with Crippen molar-refractivity contribution < 1.29 is 9.53 Å². The van der Waals surface area contributed by atoms with Crippen LogP contribution in [0.2, 0.25) is 0 Å². The summed E-state index contributed by atoms with van der Waals surface area (Å²) in [5.41, 5.74) is 1.29. The molecular weight excluding hydrogens is 334 g/mol. The van der Waals surface area contributed by atoms with E-state index in [1.54, 1.807) is 11.3 Å². The minimum absolute atomic E-state index is 0.0708. The van der Waals surface area contributed by atoms with E-state index >= 15 is 0 Å². The summed E-state index contributed by atoms with van der Waals surface area (Å²) >= 11 is 1.67. The molecule has 4 rings (SSSR count). The van der Waals surface area contributed by atoms with E-state index in [0.29, 0.717) is 18.9 Å². The zero-order valence-corrected chi connectivity index (χ0v) is 15.0. The van der Waals surface area contributed by atoms with Crippen molar-refractivity contribution in [2.75, 3.05) is 13.1 Å². The maximum atomic E-state index is 12.1. The van der Waals surface area contributed by atoms with Gasteiger partial charge in [0.25, 0.3) is 0 Å². The van der Waals surface area contributed by atoms with Gasteiger partial charge >= 0.3 is 0 Å². The van der Waals surface area contributed by atoms with Gasteiger partial charge in [-0.25, -0.2) is 0 Å². The molecule has 2 fully saturated rings. The van der Waals surface area contributed by atoms with Crippen molar-refractivity contribution in [3.8, 4) is 0 Å². The summed E-state index contributed by atoms with van der Waals surface area (Å²) < 4.78 is 6.15. The fourth-order valence-electron chi connectivity index (χ4n) is 3.83. The van der Waals surface area contributed by atoms with Gasteiger partial charge in [-0.15, -0.1) is 11.3 Å². The van der Waals surface area contributed by atoms with Gasteiger partial charge < -0.3 is 10.1 Å². The second-order valence-electron chi connectivity index (χ2n) is 6.90. The Labute approximate surface area is 152 Å². The molecule has 2 saturated heterocycles. The first kappa shape index (κ1) is 16.7. The number of fused-ring (bicyclic) bond motifs is 1. The number of rotatable bonds is 6. The molecule has 2 aliphatic heterocycles. The highest BCUT2D eigenvalue weighted by Crippen LogP contribution is 2.34. The highest BCUT2D eigenvalue weighted by Gasteiger charge is 2.42. The second kappa shape index (κ2) is 7.64. The van der Waals surface area contributed by atoms with E-state index < -0.39 is 0 Å². The van der Waals surface area contributed by atoms with Crippen molar-refractivity contribution in [3.63, 3.8) is 0 Å². The molecule has 0 aliphatic carbocycles. The molecule has 0 aromatic carbocycles. The van der Waals surface area contributed by atoms with Crippen LogP contribution in [0, 0.1) is 5.92 Å². The lowest BCUT2D eigenvalue weighted by atomic mass is 10.0. The topological polar surface area (TPSA) is 54.5 Å². The fraction of sp³-hybridized carbons (Fsp3) is 0.474. The molecule has 25 heavy (non-hydrogen) atoms. The van der Waals surface area contributed by atoms with Crippen LogP contribution in [-0.2, 0) is 22.6 Å². The van der Waals surface area contributed by atoms with Crippen molar-refractivity contribution in [3.05, 3.63) is 52.5 Å². The molecule has 0 unspecified atom stereocenters. The van der Waals surface area contributed by atoms with E-state index in [9.17, 15) is 4.79 Å². The van der Waals surface area contributed by atoms with Crippen LogP contribution in [0.1, 0.15) is 23.3 Å². The lowest BCUT2D eigenvalue weighted by Crippen LogP contribution is -2.29. The summed E-state index contributed by atoms with van der Waals surface area (Å²) in [4.78, 5) is 19.8. The fourth-order valence-corrected chi connectivity index (χ4v) is 4.48. The van der Waals surface area contributed by atoms with Gasteiger partial charge in [0.1, 0.15) is 0 Å². The first-order valence-electron chi connectivity index (χ1n) is 8.82. The third kappa shape index (κ3) is 4.26. The Morgan fingerprint density at radius 3 is 2.96 bits per heavy atom. The number of carbonyl (C=O) groups excluding carboxylic acids is 1. The summed E-state index contributed by atoms with van der Waals surface area (Å²) in [6, 6.07) is 8.18. The van der Waals surface area contributed by atoms with Gasteiger partial charge in [-0.2, -0.15) is 0 Å². The van der Waals surface area contributed by atoms with Crippen molar-refractivity contribution in [2.24, 2.45) is 5.92 Å². The molecule has 0 saturated carbocycles. The van der Waals surface area contributed by atoms with Gasteiger partial charge in [0.15, 0.2) is 0 Å². The summed E-state index contributed by atoms with van der Waals surface area (Å²) in [7, 11) is 0. The molecule has 3 atom stereocenters. The minimum atomic E-state index is 0.0708. The summed E-state index contributed by atoms with van der Waals surface area (Å²) in [5.74, 6) is 0.643. The average molecular weight is 357 g/mol. The lowest BCUT2D eigenvalue weighted by Gasteiger charge is -2.19. The van der Waals surface area contributed by atoms with Gasteiger partial charge in [0.2, 0.25) is 5.91 Å². The Kier molecular flexibility index (Phi) is 5.10. The van der Waals surface area contributed by atoms with Crippen LogP contribution in [0.4, 0.5) is 0 Å². The summed E-state index contributed by atoms with van der Waals surface area (Å²) in [6.07, 6.45) is 5.49. The lowest BCUT2D eigenvalue weighted by molar-refractivity contribution is -0.123. The predicted molar refractivity (Wildman–Crippen MR) is 97.1 cm³/mol. The third-order valence-corrected chi connectivity index (χ3v) is 5.87. The Bertz CT molecular complexity index is 678. The quantitative estimate of drug-likeness (QED) is 0.863. The zero-order chi connectivity index (χ0) is 17.1. The van der Waals surface area contributed by atoms with Crippen molar-refractivity contribution in [1.29, 1.82) is 0 Å². The normalized spacial score (nSPS) is 25.8. The van der Waals surface area contributed by atoms with E-state index in [2.05, 4.69) is 27.3 Å². The molecule has 0 radical (unpaired) electrons. The van der Waals surface area contributed by atoms with Crippen LogP contribution in [0.25, 0.3) is 0 Å². The molecule has 0 spiro atoms. The van der Waals surface area contributed by atoms with Crippen LogP contribution < -0.4 is 5.32 Å². The largest absolute Gasteiger partial charge is 0.373 e. The van der Waals surface area contributed by atoms with Crippen LogP contribution in [-0.4, -0.2) is 41.1 Å². The van der Waals surface area contributed by atoms with E-state index in [4.69, 9.17) is 4.74 Å². The smallest absolute Gasteiger partial charge is 0.222 e. The summed E-state index contributed by atoms with van der Waals surface area (Å²) in [5, 5.41) is 5.02. The first-order valence-corrected chi connectivity index (χ1v) is 9.70. The van der Waals surface area contributed by atoms with E-state index in [1.807, 2.05) is 29.9 Å². The van der Waals surface area contributed by atoms with Gasteiger partial charge in [0, 0.05) is 42.8 Å². The standard InChI is InChI=1S/C19H23N3O2S/c23-19(21-10-17-2-1-7-25-17)9-16-8-15-12-22(13-18(15)24-16)11-14-3-5-20-6-4-14/h1-7,15-16,18H,8-13H2,(H,21,23)/t15-,16-,18+/m0/s1. The Morgan fingerprint density at radius 2 is 2.20 bits per heavy atom. The SMILES string of the molecule is O=C(C[C@@H]1C[C@H]2CN(Cc3ccncc3)C[C@H]2O1)NCc1cccs1. The number of aromatic nitrogens is 1. The molecule has 2 aromatic heterocycles. The van der Waals surface area contributed by atoms with Gasteiger partial charge in [-0.05, 0) is 35.6 Å². The maximum absolute atomic E-state index is 12.1. The number of ether oxygens (including phenoxy) is 1. The Morgan fingerprint density at radius 1 is 1.32 bits per heavy atom. The number of nitrogens with one attached hydrogen (secondary N) is 1. The van der Waals surface area contributed by atoms with Crippen molar-refractivity contribution >= 4 is 17.2 Å². The molecular formula is C19H23N3O2S. The number of carbonyl (C=O) groups is 1. The molecule has 5 nitrogen and oxygen atoms in total. The number of nitrogens with zero attached hydrogens (tertiary/aromatic N) is 2. The van der Waals surface area contributed by atoms with Gasteiger partial charge in [-0.1, -0.05) is 6.07 Å². The number of likely N-dealkylation sites (tertiary alicyclic amines) is 1. The molecule has 1 N–H and O–H groups in total. The molecule has 2 aromatic rings. The zero-order valence-electron chi connectivity index (χ0n) is 14.1. The monoisotopic (exact) mass is 357 g/mol. The Balaban J connectivity index is 1.20. The number of thiophene rings is 1. The Hall–Kier alpha value is -1.76. The molecule has 132 valence electrons. The predicted octanol–water partition coefficient (Wildman–Crippen LogP) is 2.44. The molecule has 6 heteroatoms. The summed E-state index contributed by atoms with van der Waals surface area (Å²) in [6.45, 7) is 3.58. The van der Waals surface area contributed by atoms with E-state index in [1.165, 1.54) is 10.4 Å². The number of pyridine rings is 1. The van der Waals surface area contributed by atoms with Gasteiger partial charge in [-0.3, -0.25) is 14.7 Å². The maximum Gasteiger partial charge on any atom is 0.222 e. The van der Waals surface area contributed by atoms with E-state index in [-0.39, 0.29) is 18.1 Å². The third-order valence-electron chi connectivity index (χ3n) is 5.00. The first-order chi connectivity index (χ1) is 12.3. The van der Waals surface area contributed by atoms with Crippen LogP contribution in [0.3, 0.4) is 0 Å². The average Bonchev–Trinajstić information content (AvgIpc) is 3.30. The van der Waals surface area contributed by atoms with Crippen molar-refractivity contribution in [2.45, 2.75) is 38.1 Å². The molecule has 2 aliphatic rings. The minimum Gasteiger partial charge on any atom is -0.373 e. The number of amides is 1. The molecule has 0 bridgehead atoms. The second-order valence-corrected chi connectivity index (χ2v) is 7.93. The van der Waals surface area contributed by atoms with Crippen LogP contribution >= 0.6 is 11.3 Å². The molecule has 4 heterocycles. The highest BCUT2D eigenvalue weighted by atomic mass is 32.1. The van der Waals surface area contributed by atoms with Gasteiger partial charge in [0.05, 0.1) is 25.2 Å². The van der Waals surface area contributed by atoms with Crippen molar-refractivity contribution in [1.82, 2.24) is 15.2 Å². The van der Waals surface area contributed by atoms with Crippen LogP contribution in [0.5, 0.6) is 0 Å². The van der Waals surface area contributed by atoms with Crippen LogP contribution in [0.15, 0.2) is 42.0 Å².